The lowest BCUT2D eigenvalue weighted by atomic mass is 10.1. The average molecular weight is 322 g/mol. The Hall–Kier alpha value is -2.61. The molecule has 0 amide bonds. The van der Waals surface area contributed by atoms with Gasteiger partial charge in [0.25, 0.3) is 0 Å². The van der Waals surface area contributed by atoms with Gasteiger partial charge in [-0.3, -0.25) is 10.3 Å². The molecule has 0 bridgehead atoms. The summed E-state index contributed by atoms with van der Waals surface area (Å²) in [6.45, 7) is 0.471. The number of carbonyl (C=O) groups is 2. The number of carboxylic acids is 1. The van der Waals surface area contributed by atoms with E-state index in [0.717, 1.165) is 0 Å². The van der Waals surface area contributed by atoms with E-state index in [0.29, 0.717) is 19.4 Å². The van der Waals surface area contributed by atoms with Gasteiger partial charge in [0, 0.05) is 6.54 Å². The van der Waals surface area contributed by atoms with Crippen LogP contribution in [0.25, 0.3) is 0 Å². The summed E-state index contributed by atoms with van der Waals surface area (Å²) >= 11 is 0. The topological polar surface area (TPSA) is 129 Å². The monoisotopic (exact) mass is 322 g/mol. The molecule has 1 atom stereocenters. The van der Waals surface area contributed by atoms with E-state index in [4.69, 9.17) is 21.0 Å². The highest BCUT2D eigenvalue weighted by Gasteiger charge is 2.24. The predicted octanol–water partition coefficient (Wildman–Crippen LogP) is 0.484. The van der Waals surface area contributed by atoms with Crippen LogP contribution in [0.5, 0.6) is 5.75 Å². The van der Waals surface area contributed by atoms with E-state index in [1.54, 1.807) is 31.1 Å². The number of benzene rings is 1. The second kappa shape index (κ2) is 8.74. The van der Waals surface area contributed by atoms with E-state index in [9.17, 15) is 9.59 Å². The fourth-order valence-corrected chi connectivity index (χ4v) is 2.01. The van der Waals surface area contributed by atoms with Gasteiger partial charge in [-0.1, -0.05) is 12.1 Å². The van der Waals surface area contributed by atoms with Crippen molar-refractivity contribution in [3.05, 3.63) is 29.8 Å². The fraction of sp³-hybridized carbons (Fsp3) is 0.400. The summed E-state index contributed by atoms with van der Waals surface area (Å²) in [6.07, 6.45) is 1.10. The molecule has 1 aromatic carbocycles. The van der Waals surface area contributed by atoms with Crippen LogP contribution in [-0.2, 0) is 4.79 Å². The molecule has 0 heterocycles. The second-order valence-corrected chi connectivity index (χ2v) is 5.18. The van der Waals surface area contributed by atoms with Crippen molar-refractivity contribution in [1.29, 1.82) is 5.41 Å². The second-order valence-electron chi connectivity index (χ2n) is 5.18. The Morgan fingerprint density at radius 3 is 2.61 bits per heavy atom. The third-order valence-electron chi connectivity index (χ3n) is 3.19. The van der Waals surface area contributed by atoms with Crippen LogP contribution in [0.2, 0.25) is 0 Å². The molecule has 8 nitrogen and oxygen atoms in total. The number of ether oxygens (including phenoxy) is 1. The summed E-state index contributed by atoms with van der Waals surface area (Å²) in [5.41, 5.74) is 5.13. The molecule has 0 spiro atoms. The molecule has 8 heteroatoms. The minimum absolute atomic E-state index is 0.0266. The Bertz CT molecular complexity index is 574. The molecule has 0 unspecified atom stereocenters. The van der Waals surface area contributed by atoms with Crippen LogP contribution < -0.4 is 15.8 Å². The summed E-state index contributed by atoms with van der Waals surface area (Å²) in [5.74, 6) is -1.77. The first-order valence-electron chi connectivity index (χ1n) is 7.11. The van der Waals surface area contributed by atoms with E-state index >= 15 is 0 Å². The number of esters is 1. The number of hydrogen-bond acceptors (Lipinski definition) is 5. The lowest BCUT2D eigenvalue weighted by Crippen LogP contribution is -2.40. The van der Waals surface area contributed by atoms with Crippen LogP contribution in [-0.4, -0.2) is 54.6 Å². The van der Waals surface area contributed by atoms with E-state index in [2.05, 4.69) is 5.32 Å². The van der Waals surface area contributed by atoms with Crippen molar-refractivity contribution in [2.75, 3.05) is 20.6 Å². The van der Waals surface area contributed by atoms with Crippen molar-refractivity contribution in [3.8, 4) is 5.75 Å². The number of carbonyl (C=O) groups excluding carboxylic acids is 1. The van der Waals surface area contributed by atoms with Crippen LogP contribution in [0.1, 0.15) is 23.2 Å². The molecule has 0 radical (unpaired) electrons. The Balaban J connectivity index is 2.71. The molecule has 0 aliphatic rings. The van der Waals surface area contributed by atoms with Gasteiger partial charge in [-0.2, -0.15) is 0 Å². The van der Waals surface area contributed by atoms with Crippen LogP contribution >= 0.6 is 0 Å². The number of aromatic carboxylic acids is 1. The molecule has 1 rings (SSSR count). The van der Waals surface area contributed by atoms with E-state index in [1.165, 1.54) is 12.1 Å². The highest BCUT2D eigenvalue weighted by molar-refractivity contribution is 5.92. The molecule has 0 saturated heterocycles. The molecule has 0 aromatic heterocycles. The zero-order valence-corrected chi connectivity index (χ0v) is 13.2. The highest BCUT2D eigenvalue weighted by Crippen LogP contribution is 2.19. The van der Waals surface area contributed by atoms with Gasteiger partial charge in [-0.15, -0.1) is 0 Å². The standard InChI is InChI=1S/C15H22N4O4/c1-19(2)11(7-5-9-18-15(16)17)14(22)23-12-8-4-3-6-10(12)13(20)21/h3-4,6,8,11H,5,7,9H2,1-2H3,(H,20,21)(H4,16,17,18)/t11-/m0/s1. The maximum Gasteiger partial charge on any atom is 0.339 e. The predicted molar refractivity (Wildman–Crippen MR) is 85.7 cm³/mol. The molecule has 0 aliphatic carbocycles. The molecule has 126 valence electrons. The highest BCUT2D eigenvalue weighted by atomic mass is 16.5. The van der Waals surface area contributed by atoms with Gasteiger partial charge in [0.05, 0.1) is 0 Å². The first-order chi connectivity index (χ1) is 10.8. The molecule has 0 saturated carbocycles. The average Bonchev–Trinajstić information content (AvgIpc) is 2.46. The van der Waals surface area contributed by atoms with Crippen LogP contribution in [0.15, 0.2) is 24.3 Å². The first-order valence-corrected chi connectivity index (χ1v) is 7.11. The summed E-state index contributed by atoms with van der Waals surface area (Å²) in [6, 6.07) is 5.48. The van der Waals surface area contributed by atoms with Gasteiger partial charge in [0.2, 0.25) is 0 Å². The normalized spacial score (nSPS) is 11.8. The third-order valence-corrected chi connectivity index (χ3v) is 3.19. The van der Waals surface area contributed by atoms with Crippen molar-refractivity contribution in [1.82, 2.24) is 10.2 Å². The van der Waals surface area contributed by atoms with E-state index in [1.807, 2.05) is 0 Å². The number of para-hydroxylation sites is 1. The summed E-state index contributed by atoms with van der Waals surface area (Å²) in [4.78, 5) is 25.2. The van der Waals surface area contributed by atoms with Gasteiger partial charge < -0.3 is 20.9 Å². The van der Waals surface area contributed by atoms with Crippen LogP contribution in [0, 0.1) is 5.41 Å². The number of carboxylic acid groups (broad SMARTS) is 1. The number of nitrogens with two attached hydrogens (primary N) is 1. The van der Waals surface area contributed by atoms with Gasteiger partial charge in [-0.05, 0) is 39.1 Å². The number of likely N-dealkylation sites (N-methyl/N-ethyl adjacent to an activating group) is 1. The maximum absolute atomic E-state index is 12.3. The molecule has 23 heavy (non-hydrogen) atoms. The number of guanidine groups is 1. The van der Waals surface area contributed by atoms with Gasteiger partial charge >= 0.3 is 11.9 Å². The molecule has 1 aromatic rings. The molecule has 0 fully saturated rings. The van der Waals surface area contributed by atoms with E-state index in [-0.39, 0.29) is 17.3 Å². The minimum Gasteiger partial charge on any atom is -0.478 e. The lowest BCUT2D eigenvalue weighted by Gasteiger charge is -2.22. The van der Waals surface area contributed by atoms with Gasteiger partial charge in [0.15, 0.2) is 5.96 Å². The smallest absolute Gasteiger partial charge is 0.339 e. The summed E-state index contributed by atoms with van der Waals surface area (Å²) in [7, 11) is 3.49. The fourth-order valence-electron chi connectivity index (χ4n) is 2.01. The van der Waals surface area contributed by atoms with E-state index < -0.39 is 18.0 Å². The Kier molecular flexibility index (Phi) is 7.01. The summed E-state index contributed by atoms with van der Waals surface area (Å²) < 4.78 is 5.26. The van der Waals surface area contributed by atoms with Gasteiger partial charge in [0.1, 0.15) is 17.4 Å². The van der Waals surface area contributed by atoms with Crippen LogP contribution in [0.3, 0.4) is 0 Å². The Morgan fingerprint density at radius 2 is 2.04 bits per heavy atom. The minimum atomic E-state index is -1.15. The van der Waals surface area contributed by atoms with Crippen molar-refractivity contribution < 1.29 is 19.4 Å². The Labute approximate surface area is 134 Å². The zero-order chi connectivity index (χ0) is 17.4. The Morgan fingerprint density at radius 1 is 1.39 bits per heavy atom. The molecule has 0 aliphatic heterocycles. The molecular formula is C15H22N4O4. The quantitative estimate of drug-likeness (QED) is 0.180. The largest absolute Gasteiger partial charge is 0.478 e. The third kappa shape index (κ3) is 5.95. The van der Waals surface area contributed by atoms with Crippen molar-refractivity contribution in [3.63, 3.8) is 0 Å². The van der Waals surface area contributed by atoms with Crippen LogP contribution in [0.4, 0.5) is 0 Å². The number of hydrogen-bond donors (Lipinski definition) is 4. The zero-order valence-electron chi connectivity index (χ0n) is 13.2. The first kappa shape index (κ1) is 18.4. The number of rotatable bonds is 8. The summed E-state index contributed by atoms with van der Waals surface area (Å²) in [5, 5.41) is 18.8. The van der Waals surface area contributed by atoms with Crippen molar-refractivity contribution in [2.24, 2.45) is 5.73 Å². The van der Waals surface area contributed by atoms with Crippen molar-refractivity contribution in [2.45, 2.75) is 18.9 Å². The molecular weight excluding hydrogens is 300 g/mol. The van der Waals surface area contributed by atoms with Gasteiger partial charge in [-0.25, -0.2) is 9.59 Å². The SMILES string of the molecule is CN(C)[C@@H](CCCNC(=N)N)C(=O)Oc1ccccc1C(=O)O. The number of nitrogens with one attached hydrogen (secondary N) is 2. The molecule has 5 N–H and O–H groups in total. The number of nitrogens with zero attached hydrogens (tertiary/aromatic N) is 1. The van der Waals surface area contributed by atoms with Crippen molar-refractivity contribution >= 4 is 17.9 Å². The maximum atomic E-state index is 12.3. The lowest BCUT2D eigenvalue weighted by molar-refractivity contribution is -0.139.